The van der Waals surface area contributed by atoms with Gasteiger partial charge in [-0.25, -0.2) is 4.79 Å². The number of nitrogens with zero attached hydrogens (tertiary/aromatic N) is 1. The third-order valence-electron chi connectivity index (χ3n) is 4.48. The van der Waals surface area contributed by atoms with Crippen molar-refractivity contribution in [1.29, 1.82) is 0 Å². The highest BCUT2D eigenvalue weighted by atomic mass is 16.5. The molecule has 0 saturated carbocycles. The van der Waals surface area contributed by atoms with E-state index in [0.29, 0.717) is 18.7 Å². The fourth-order valence-electron chi connectivity index (χ4n) is 3.01. The van der Waals surface area contributed by atoms with Crippen molar-refractivity contribution in [3.05, 3.63) is 54.1 Å². The van der Waals surface area contributed by atoms with E-state index in [-0.39, 0.29) is 11.9 Å². The van der Waals surface area contributed by atoms with Crippen LogP contribution in [0.2, 0.25) is 0 Å². The molecule has 26 heavy (non-hydrogen) atoms. The number of carbonyl (C=O) groups excluding carboxylic acids is 2. The molecular formula is C20H23N3O3. The van der Waals surface area contributed by atoms with E-state index in [9.17, 15) is 9.59 Å². The molecule has 0 spiro atoms. The van der Waals surface area contributed by atoms with Gasteiger partial charge in [0.05, 0.1) is 7.11 Å². The van der Waals surface area contributed by atoms with Crippen molar-refractivity contribution < 1.29 is 14.3 Å². The molecule has 2 N–H and O–H groups in total. The molecule has 1 saturated heterocycles. The molecule has 6 nitrogen and oxygen atoms in total. The summed E-state index contributed by atoms with van der Waals surface area (Å²) in [5, 5.41) is 5.74. The Balaban J connectivity index is 1.63. The van der Waals surface area contributed by atoms with Gasteiger partial charge in [0.25, 0.3) is 0 Å². The molecule has 0 bridgehead atoms. The largest absolute Gasteiger partial charge is 0.497 e. The van der Waals surface area contributed by atoms with E-state index >= 15 is 0 Å². The van der Waals surface area contributed by atoms with Crippen LogP contribution in [0.5, 0.6) is 5.75 Å². The third-order valence-corrected chi connectivity index (χ3v) is 4.48. The van der Waals surface area contributed by atoms with Gasteiger partial charge in [-0.05, 0) is 56.2 Å². The highest BCUT2D eigenvalue weighted by Gasteiger charge is 2.34. The third kappa shape index (κ3) is 4.14. The lowest BCUT2D eigenvalue weighted by molar-refractivity contribution is -0.119. The predicted octanol–water partition coefficient (Wildman–Crippen LogP) is 3.64. The van der Waals surface area contributed by atoms with Crippen molar-refractivity contribution in [1.82, 2.24) is 4.90 Å². The first-order chi connectivity index (χ1) is 12.6. The number of anilines is 2. The Morgan fingerprint density at radius 1 is 1.00 bits per heavy atom. The van der Waals surface area contributed by atoms with Gasteiger partial charge in [-0.15, -0.1) is 0 Å². The second kappa shape index (κ2) is 7.91. The van der Waals surface area contributed by atoms with E-state index in [1.54, 1.807) is 36.3 Å². The number of nitrogens with one attached hydrogen (secondary N) is 2. The normalized spacial score (nSPS) is 16.2. The number of carbonyl (C=O) groups is 2. The summed E-state index contributed by atoms with van der Waals surface area (Å²) in [6, 6.07) is 14.0. The van der Waals surface area contributed by atoms with Crippen molar-refractivity contribution in [3.8, 4) is 5.75 Å². The topological polar surface area (TPSA) is 70.7 Å². The van der Waals surface area contributed by atoms with Crippen molar-refractivity contribution in [3.63, 3.8) is 0 Å². The van der Waals surface area contributed by atoms with E-state index < -0.39 is 6.04 Å². The smallest absolute Gasteiger partial charge is 0.322 e. The maximum atomic E-state index is 12.6. The van der Waals surface area contributed by atoms with Crippen LogP contribution in [0.15, 0.2) is 48.5 Å². The number of amides is 3. The Morgan fingerprint density at radius 2 is 1.62 bits per heavy atom. The summed E-state index contributed by atoms with van der Waals surface area (Å²) in [5.74, 6) is 0.551. The quantitative estimate of drug-likeness (QED) is 0.882. The van der Waals surface area contributed by atoms with Crippen LogP contribution in [0.3, 0.4) is 0 Å². The molecule has 1 aliphatic heterocycles. The molecule has 3 amide bonds. The summed E-state index contributed by atoms with van der Waals surface area (Å²) >= 11 is 0. The van der Waals surface area contributed by atoms with Gasteiger partial charge in [0.2, 0.25) is 5.91 Å². The molecule has 3 rings (SSSR count). The van der Waals surface area contributed by atoms with Gasteiger partial charge in [-0.1, -0.05) is 17.7 Å². The average Bonchev–Trinajstić information content (AvgIpc) is 3.14. The maximum Gasteiger partial charge on any atom is 0.322 e. The van der Waals surface area contributed by atoms with Crippen LogP contribution in [0.25, 0.3) is 0 Å². The molecule has 0 unspecified atom stereocenters. The molecule has 2 aromatic carbocycles. The zero-order valence-corrected chi connectivity index (χ0v) is 15.0. The van der Waals surface area contributed by atoms with Gasteiger partial charge in [-0.2, -0.15) is 0 Å². The second-order valence-corrected chi connectivity index (χ2v) is 6.37. The van der Waals surface area contributed by atoms with Crippen LogP contribution < -0.4 is 15.4 Å². The zero-order chi connectivity index (χ0) is 18.5. The zero-order valence-electron chi connectivity index (χ0n) is 15.0. The monoisotopic (exact) mass is 353 g/mol. The van der Waals surface area contributed by atoms with Crippen LogP contribution >= 0.6 is 0 Å². The maximum absolute atomic E-state index is 12.6. The summed E-state index contributed by atoms with van der Waals surface area (Å²) in [4.78, 5) is 26.8. The Labute approximate surface area is 153 Å². The van der Waals surface area contributed by atoms with E-state index in [1.165, 1.54) is 0 Å². The van der Waals surface area contributed by atoms with Gasteiger partial charge in [0.1, 0.15) is 11.8 Å². The lowest BCUT2D eigenvalue weighted by Gasteiger charge is -2.24. The molecule has 136 valence electrons. The van der Waals surface area contributed by atoms with Crippen LogP contribution in [0.1, 0.15) is 18.4 Å². The fourth-order valence-corrected chi connectivity index (χ4v) is 3.01. The van der Waals surface area contributed by atoms with E-state index in [0.717, 1.165) is 23.4 Å². The number of methoxy groups -OCH3 is 1. The number of rotatable bonds is 4. The standard InChI is InChI=1S/C20H23N3O3/c1-14-5-7-16(8-6-14)22-20(25)23-13-3-4-18(23)19(24)21-15-9-11-17(26-2)12-10-15/h5-12,18H,3-4,13H2,1-2H3,(H,21,24)(H,22,25)/t18-/m1/s1. The summed E-state index contributed by atoms with van der Waals surface area (Å²) in [5.41, 5.74) is 2.53. The summed E-state index contributed by atoms with van der Waals surface area (Å²) in [6.45, 7) is 2.56. The minimum Gasteiger partial charge on any atom is -0.497 e. The first-order valence-corrected chi connectivity index (χ1v) is 8.66. The lowest BCUT2D eigenvalue weighted by atomic mass is 10.2. The number of aryl methyl sites for hydroxylation is 1. The second-order valence-electron chi connectivity index (χ2n) is 6.37. The van der Waals surface area contributed by atoms with Gasteiger partial charge in [0, 0.05) is 17.9 Å². The summed E-state index contributed by atoms with van der Waals surface area (Å²) < 4.78 is 5.11. The Hall–Kier alpha value is -3.02. The van der Waals surface area contributed by atoms with Crippen molar-refractivity contribution in [2.75, 3.05) is 24.3 Å². The van der Waals surface area contributed by atoms with Gasteiger partial charge < -0.3 is 20.3 Å². The Bertz CT molecular complexity index is 772. The molecule has 1 heterocycles. The number of likely N-dealkylation sites (tertiary alicyclic amines) is 1. The number of urea groups is 1. The first-order valence-electron chi connectivity index (χ1n) is 8.66. The van der Waals surface area contributed by atoms with Crippen LogP contribution in [-0.2, 0) is 4.79 Å². The Morgan fingerprint density at radius 3 is 2.27 bits per heavy atom. The fraction of sp³-hybridized carbons (Fsp3) is 0.300. The van der Waals surface area contributed by atoms with Crippen LogP contribution in [0, 0.1) is 6.92 Å². The van der Waals surface area contributed by atoms with Gasteiger partial charge in [0.15, 0.2) is 0 Å². The SMILES string of the molecule is COc1ccc(NC(=O)[C@H]2CCCN2C(=O)Nc2ccc(C)cc2)cc1. The molecule has 0 radical (unpaired) electrons. The Kier molecular flexibility index (Phi) is 5.41. The first kappa shape index (κ1) is 17.8. The van der Waals surface area contributed by atoms with Crippen molar-refractivity contribution in [2.24, 2.45) is 0 Å². The van der Waals surface area contributed by atoms with Gasteiger partial charge >= 0.3 is 6.03 Å². The van der Waals surface area contributed by atoms with E-state index in [4.69, 9.17) is 4.74 Å². The number of hydrogen-bond donors (Lipinski definition) is 2. The minimum atomic E-state index is -0.470. The predicted molar refractivity (Wildman–Crippen MR) is 102 cm³/mol. The molecule has 2 aromatic rings. The number of benzene rings is 2. The molecule has 0 aliphatic carbocycles. The molecule has 0 aromatic heterocycles. The van der Waals surface area contributed by atoms with Gasteiger partial charge in [-0.3, -0.25) is 4.79 Å². The van der Waals surface area contributed by atoms with E-state index in [1.807, 2.05) is 31.2 Å². The van der Waals surface area contributed by atoms with Crippen molar-refractivity contribution >= 4 is 23.3 Å². The molecule has 1 aliphatic rings. The number of hydrogen-bond acceptors (Lipinski definition) is 3. The molecule has 1 atom stereocenters. The summed E-state index contributed by atoms with van der Waals surface area (Å²) in [6.07, 6.45) is 1.46. The van der Waals surface area contributed by atoms with Crippen molar-refractivity contribution in [2.45, 2.75) is 25.8 Å². The van der Waals surface area contributed by atoms with Crippen LogP contribution in [-0.4, -0.2) is 36.5 Å². The molecular weight excluding hydrogens is 330 g/mol. The minimum absolute atomic E-state index is 0.174. The van der Waals surface area contributed by atoms with E-state index in [2.05, 4.69) is 10.6 Å². The molecule has 1 fully saturated rings. The number of ether oxygens (including phenoxy) is 1. The highest BCUT2D eigenvalue weighted by molar-refractivity contribution is 5.99. The van der Waals surface area contributed by atoms with Crippen LogP contribution in [0.4, 0.5) is 16.2 Å². The molecule has 6 heteroatoms. The lowest BCUT2D eigenvalue weighted by Crippen LogP contribution is -2.45. The summed E-state index contributed by atoms with van der Waals surface area (Å²) in [7, 11) is 1.59. The average molecular weight is 353 g/mol. The highest BCUT2D eigenvalue weighted by Crippen LogP contribution is 2.22.